The average Bonchev–Trinajstić information content (AvgIpc) is 3.52. The van der Waals surface area contributed by atoms with Gasteiger partial charge in [0.05, 0.1) is 41.3 Å². The Morgan fingerprint density at radius 3 is 2.65 bits per heavy atom. The number of nitrogens with zero attached hydrogens (tertiary/aromatic N) is 7. The summed E-state index contributed by atoms with van der Waals surface area (Å²) in [6, 6.07) is 5.88. The maximum absolute atomic E-state index is 13.6. The first-order valence-corrected chi connectivity index (χ1v) is 13.8. The Kier molecular flexibility index (Phi) is 6.71. The normalized spacial score (nSPS) is 13.9. The summed E-state index contributed by atoms with van der Waals surface area (Å²) in [5.74, 6) is 1.49. The minimum absolute atomic E-state index is 0.0722. The zero-order chi connectivity index (χ0) is 28.0. The van der Waals surface area contributed by atoms with Crippen molar-refractivity contribution in [1.29, 1.82) is 0 Å². The lowest BCUT2D eigenvalue weighted by Gasteiger charge is -2.27. The first kappa shape index (κ1) is 25.9. The smallest absolute Gasteiger partial charge is 0.270 e. The van der Waals surface area contributed by atoms with E-state index in [2.05, 4.69) is 17.2 Å². The average molecular weight is 539 g/mol. The molecule has 0 unspecified atom stereocenters. The van der Waals surface area contributed by atoms with E-state index in [9.17, 15) is 4.79 Å². The fraction of sp³-hybridized carbons (Fsp3) is 0.367. The molecule has 0 aromatic carbocycles. The van der Waals surface area contributed by atoms with Gasteiger partial charge in [-0.3, -0.25) is 14.8 Å². The second kappa shape index (κ2) is 10.3. The maximum Gasteiger partial charge on any atom is 0.270 e. The third-order valence-corrected chi connectivity index (χ3v) is 7.83. The van der Waals surface area contributed by atoms with Gasteiger partial charge in [-0.05, 0) is 38.0 Å². The quantitative estimate of drug-likeness (QED) is 0.349. The van der Waals surface area contributed by atoms with Crippen molar-refractivity contribution in [2.24, 2.45) is 7.05 Å². The molecule has 0 bridgehead atoms. The first-order valence-electron chi connectivity index (χ1n) is 13.8. The predicted octanol–water partition coefficient (Wildman–Crippen LogP) is 3.99. The topological polar surface area (TPSA) is 103 Å². The number of nitrogens with one attached hydrogen (secondary N) is 1. The van der Waals surface area contributed by atoms with Crippen LogP contribution in [-0.2, 0) is 13.5 Å². The summed E-state index contributed by atoms with van der Waals surface area (Å²) in [5, 5.41) is 10.1. The Labute approximate surface area is 233 Å². The summed E-state index contributed by atoms with van der Waals surface area (Å²) in [6.45, 7) is 9.23. The number of piperazine rings is 1. The molecule has 1 saturated heterocycles. The van der Waals surface area contributed by atoms with Crippen LogP contribution in [0.1, 0.15) is 40.8 Å². The van der Waals surface area contributed by atoms with E-state index in [0.717, 1.165) is 81.6 Å². The second-order valence-electron chi connectivity index (χ2n) is 10.3. The molecule has 5 aromatic rings. The zero-order valence-electron chi connectivity index (χ0n) is 23.7. The third-order valence-electron chi connectivity index (χ3n) is 7.83. The van der Waals surface area contributed by atoms with Crippen LogP contribution in [0.3, 0.4) is 0 Å². The number of amides is 1. The van der Waals surface area contributed by atoms with Crippen LogP contribution in [0.25, 0.3) is 38.9 Å². The number of carbonyl (C=O) groups excluding carboxylic acids is 1. The van der Waals surface area contributed by atoms with E-state index < -0.39 is 0 Å². The van der Waals surface area contributed by atoms with E-state index in [-0.39, 0.29) is 5.91 Å². The lowest BCUT2D eigenvalue weighted by molar-refractivity contribution is 0.0726. The van der Waals surface area contributed by atoms with E-state index in [4.69, 9.17) is 19.8 Å². The zero-order valence-corrected chi connectivity index (χ0v) is 23.7. The third kappa shape index (κ3) is 4.19. The van der Waals surface area contributed by atoms with Gasteiger partial charge in [-0.25, -0.2) is 9.67 Å². The van der Waals surface area contributed by atoms with Crippen LogP contribution in [0.5, 0.6) is 5.75 Å². The minimum atomic E-state index is 0.0722. The second-order valence-corrected chi connectivity index (χ2v) is 10.3. The number of ether oxygens (including phenoxy) is 1. The molecular formula is C30H34N8O2. The van der Waals surface area contributed by atoms with Gasteiger partial charge in [0.2, 0.25) is 0 Å². The van der Waals surface area contributed by atoms with Crippen molar-refractivity contribution < 1.29 is 9.53 Å². The molecule has 6 heterocycles. The molecule has 1 amide bonds. The molecule has 5 aromatic heterocycles. The van der Waals surface area contributed by atoms with Crippen molar-refractivity contribution >= 4 is 27.7 Å². The Balaban J connectivity index is 1.54. The van der Waals surface area contributed by atoms with Gasteiger partial charge in [0.25, 0.3) is 5.91 Å². The largest absolute Gasteiger partial charge is 0.496 e. The molecule has 10 heteroatoms. The highest BCUT2D eigenvalue weighted by atomic mass is 16.5. The molecule has 0 saturated carbocycles. The summed E-state index contributed by atoms with van der Waals surface area (Å²) in [7, 11) is 3.62. The number of aryl methyl sites for hydroxylation is 4. The predicted molar refractivity (Wildman–Crippen MR) is 155 cm³/mol. The molecule has 0 spiro atoms. The van der Waals surface area contributed by atoms with Crippen molar-refractivity contribution in [2.75, 3.05) is 33.3 Å². The number of aromatic nitrogens is 6. The number of methoxy groups -OCH3 is 1. The van der Waals surface area contributed by atoms with Crippen molar-refractivity contribution in [3.8, 4) is 22.8 Å². The Morgan fingerprint density at radius 1 is 1.10 bits per heavy atom. The number of pyridine rings is 3. The molecule has 6 rings (SSSR count). The number of carbonyl (C=O) groups is 1. The van der Waals surface area contributed by atoms with Crippen LogP contribution in [0.2, 0.25) is 0 Å². The van der Waals surface area contributed by atoms with Crippen LogP contribution in [0.4, 0.5) is 0 Å². The molecule has 40 heavy (non-hydrogen) atoms. The number of rotatable bonds is 6. The summed E-state index contributed by atoms with van der Waals surface area (Å²) in [4.78, 5) is 29.8. The Bertz CT molecular complexity index is 1750. The molecule has 1 aliphatic rings. The highest BCUT2D eigenvalue weighted by molar-refractivity contribution is 6.02. The van der Waals surface area contributed by atoms with Crippen molar-refractivity contribution in [3.05, 3.63) is 59.4 Å². The highest BCUT2D eigenvalue weighted by Gasteiger charge is 2.27. The summed E-state index contributed by atoms with van der Waals surface area (Å²) < 4.78 is 9.48. The van der Waals surface area contributed by atoms with Crippen molar-refractivity contribution in [1.82, 2.24) is 39.5 Å². The van der Waals surface area contributed by atoms with Gasteiger partial charge in [-0.1, -0.05) is 13.3 Å². The number of hydrogen-bond acceptors (Lipinski definition) is 7. The molecule has 0 atom stereocenters. The minimum Gasteiger partial charge on any atom is -0.496 e. The van der Waals surface area contributed by atoms with E-state index in [1.54, 1.807) is 19.5 Å². The molecule has 1 aliphatic heterocycles. The molecule has 1 fully saturated rings. The fourth-order valence-corrected chi connectivity index (χ4v) is 5.83. The van der Waals surface area contributed by atoms with Gasteiger partial charge in [-0.15, -0.1) is 0 Å². The number of fused-ring (bicyclic) bond motifs is 2. The Hall–Kier alpha value is -4.31. The fourth-order valence-electron chi connectivity index (χ4n) is 5.83. The van der Waals surface area contributed by atoms with Crippen LogP contribution in [-0.4, -0.2) is 73.4 Å². The SMILES string of the molecule is CCCc1nc(-n2ncc3c(C)nc(-c4cnccc4OC)cc32)cc2c1c(C)c(C(=O)N1CCNCC1)n2C. The van der Waals surface area contributed by atoms with Crippen LogP contribution in [0.15, 0.2) is 36.8 Å². The lowest BCUT2D eigenvalue weighted by Crippen LogP contribution is -2.47. The van der Waals surface area contributed by atoms with Crippen LogP contribution < -0.4 is 10.1 Å². The van der Waals surface area contributed by atoms with E-state index in [1.165, 1.54) is 0 Å². The number of hydrogen-bond donors (Lipinski definition) is 1. The van der Waals surface area contributed by atoms with E-state index in [1.807, 2.05) is 59.4 Å². The monoisotopic (exact) mass is 538 g/mol. The highest BCUT2D eigenvalue weighted by Crippen LogP contribution is 2.33. The first-order chi connectivity index (χ1) is 19.4. The summed E-state index contributed by atoms with van der Waals surface area (Å²) in [5.41, 5.74) is 6.99. The van der Waals surface area contributed by atoms with Gasteiger partial charge in [0.15, 0.2) is 5.82 Å². The van der Waals surface area contributed by atoms with Gasteiger partial charge in [0, 0.05) is 68.2 Å². The maximum atomic E-state index is 13.6. The molecule has 206 valence electrons. The van der Waals surface area contributed by atoms with Crippen molar-refractivity contribution in [3.63, 3.8) is 0 Å². The van der Waals surface area contributed by atoms with Crippen molar-refractivity contribution in [2.45, 2.75) is 33.6 Å². The molecular weight excluding hydrogens is 504 g/mol. The van der Waals surface area contributed by atoms with Gasteiger partial charge in [-0.2, -0.15) is 5.10 Å². The Morgan fingerprint density at radius 2 is 1.90 bits per heavy atom. The van der Waals surface area contributed by atoms with Gasteiger partial charge < -0.3 is 19.5 Å². The van der Waals surface area contributed by atoms with E-state index in [0.29, 0.717) is 24.7 Å². The van der Waals surface area contributed by atoms with E-state index >= 15 is 0 Å². The van der Waals surface area contributed by atoms with Crippen LogP contribution >= 0.6 is 0 Å². The van der Waals surface area contributed by atoms with Crippen LogP contribution in [0, 0.1) is 13.8 Å². The molecule has 0 aliphatic carbocycles. The molecule has 0 radical (unpaired) electrons. The van der Waals surface area contributed by atoms with Gasteiger partial charge >= 0.3 is 0 Å². The summed E-state index contributed by atoms with van der Waals surface area (Å²) in [6.07, 6.45) is 7.04. The lowest BCUT2D eigenvalue weighted by atomic mass is 10.1. The molecule has 1 N–H and O–H groups in total. The molecule has 10 nitrogen and oxygen atoms in total. The van der Waals surface area contributed by atoms with Gasteiger partial charge in [0.1, 0.15) is 11.4 Å². The standard InChI is InChI=1S/C30H34N8O2/c1-6-7-22-28-18(2)29(30(39)37-12-10-31-11-13-37)36(4)25(28)15-27(35-22)38-24-14-23(34-19(3)20(24)17-33-38)21-16-32-9-8-26(21)40-5/h8-9,14-17,31H,6-7,10-13H2,1-5H3. The summed E-state index contributed by atoms with van der Waals surface area (Å²) >= 11 is 0.